The Morgan fingerprint density at radius 1 is 1.23 bits per heavy atom. The van der Waals surface area contributed by atoms with Gasteiger partial charge in [-0.2, -0.15) is 0 Å². The van der Waals surface area contributed by atoms with Gasteiger partial charge in [-0.15, -0.1) is 5.10 Å². The summed E-state index contributed by atoms with van der Waals surface area (Å²) >= 11 is 0. The summed E-state index contributed by atoms with van der Waals surface area (Å²) < 4.78 is 9.35. The number of amides is 1. The van der Waals surface area contributed by atoms with Gasteiger partial charge in [-0.25, -0.2) is 9.78 Å². The Labute approximate surface area is 200 Å². The first kappa shape index (κ1) is 23.4. The van der Waals surface area contributed by atoms with Crippen molar-refractivity contribution in [1.82, 2.24) is 34.0 Å². The van der Waals surface area contributed by atoms with Crippen molar-refractivity contribution >= 4 is 16.9 Å². The molecule has 0 spiro atoms. The first-order chi connectivity index (χ1) is 16.8. The Bertz CT molecular complexity index is 1390. The van der Waals surface area contributed by atoms with Crippen molar-refractivity contribution in [3.8, 4) is 0 Å². The minimum absolute atomic E-state index is 0.155. The normalized spacial score (nSPS) is 23.1. The zero-order valence-electron chi connectivity index (χ0n) is 19.9. The molecule has 0 bridgehead atoms. The first-order valence-electron chi connectivity index (χ1n) is 11.8. The molecule has 0 aromatic carbocycles. The highest BCUT2D eigenvalue weighted by Gasteiger charge is 2.37. The lowest BCUT2D eigenvalue weighted by atomic mass is 10.00. The quantitative estimate of drug-likeness (QED) is 0.537. The zero-order valence-corrected chi connectivity index (χ0v) is 19.9. The molecule has 3 aromatic heterocycles. The van der Waals surface area contributed by atoms with Gasteiger partial charge in [-0.05, 0) is 30.9 Å². The smallest absolute Gasteiger partial charge is 0.332 e. The van der Waals surface area contributed by atoms with E-state index in [0.29, 0.717) is 38.4 Å². The van der Waals surface area contributed by atoms with E-state index in [4.69, 9.17) is 4.74 Å². The molecule has 1 N–H and O–H groups in total. The van der Waals surface area contributed by atoms with Crippen molar-refractivity contribution in [3.63, 3.8) is 0 Å². The maximum atomic E-state index is 13.4. The molecule has 0 aliphatic carbocycles. The zero-order chi connectivity index (χ0) is 24.7. The molecule has 0 radical (unpaired) electrons. The third-order valence-corrected chi connectivity index (χ3v) is 7.04. The Hall–Kier alpha value is -3.38. The highest BCUT2D eigenvalue weighted by Crippen LogP contribution is 2.28. The van der Waals surface area contributed by atoms with Crippen LogP contribution < -0.4 is 11.2 Å². The number of ether oxygens (including phenoxy) is 1. The molecule has 12 nitrogen and oxygen atoms in total. The fourth-order valence-corrected chi connectivity index (χ4v) is 4.92. The van der Waals surface area contributed by atoms with E-state index in [9.17, 15) is 19.5 Å². The van der Waals surface area contributed by atoms with Crippen LogP contribution in [0.5, 0.6) is 0 Å². The topological polar surface area (TPSA) is 137 Å². The monoisotopic (exact) mass is 483 g/mol. The highest BCUT2D eigenvalue weighted by molar-refractivity contribution is 5.94. The van der Waals surface area contributed by atoms with E-state index < -0.39 is 16.9 Å². The van der Waals surface area contributed by atoms with Crippen LogP contribution in [0, 0.1) is 5.92 Å². The second-order valence-corrected chi connectivity index (χ2v) is 9.55. The van der Waals surface area contributed by atoms with Crippen LogP contribution in [0.25, 0.3) is 11.0 Å². The van der Waals surface area contributed by atoms with Crippen LogP contribution in [0.2, 0.25) is 0 Å². The largest absolute Gasteiger partial charge is 0.381 e. The number of carbonyl (C=O) groups excluding carboxylic acids is 1. The van der Waals surface area contributed by atoms with Crippen LogP contribution in [-0.4, -0.2) is 71.3 Å². The van der Waals surface area contributed by atoms with Gasteiger partial charge in [0.15, 0.2) is 0 Å². The third kappa shape index (κ3) is 4.27. The molecule has 2 aliphatic rings. The van der Waals surface area contributed by atoms with Gasteiger partial charge in [-0.1, -0.05) is 11.6 Å². The van der Waals surface area contributed by atoms with Gasteiger partial charge in [0.25, 0.3) is 11.5 Å². The summed E-state index contributed by atoms with van der Waals surface area (Å²) in [5.41, 5.74) is -1.12. The van der Waals surface area contributed by atoms with Gasteiger partial charge in [0, 0.05) is 46.8 Å². The Balaban J connectivity index is 1.35. The average Bonchev–Trinajstić information content (AvgIpc) is 3.45. The summed E-state index contributed by atoms with van der Waals surface area (Å²) in [5, 5.41) is 19.3. The second-order valence-electron chi connectivity index (χ2n) is 9.55. The molecule has 1 amide bonds. The van der Waals surface area contributed by atoms with Crippen molar-refractivity contribution < 1.29 is 14.6 Å². The third-order valence-electron chi connectivity index (χ3n) is 7.04. The van der Waals surface area contributed by atoms with Crippen molar-refractivity contribution in [2.24, 2.45) is 20.0 Å². The molecule has 186 valence electrons. The number of aryl methyl sites for hydroxylation is 1. The maximum absolute atomic E-state index is 13.4. The van der Waals surface area contributed by atoms with Crippen LogP contribution in [0.1, 0.15) is 41.9 Å². The summed E-state index contributed by atoms with van der Waals surface area (Å²) in [6.45, 7) is 2.41. The number of nitrogens with zero attached hydrogens (tertiary/aromatic N) is 7. The first-order valence-corrected chi connectivity index (χ1v) is 11.8. The van der Waals surface area contributed by atoms with E-state index in [1.54, 1.807) is 27.9 Å². The number of aromatic nitrogens is 6. The van der Waals surface area contributed by atoms with Gasteiger partial charge in [0.2, 0.25) is 0 Å². The molecule has 2 unspecified atom stereocenters. The summed E-state index contributed by atoms with van der Waals surface area (Å²) in [6, 6.07) is 3.10. The predicted molar refractivity (Wildman–Crippen MR) is 125 cm³/mol. The van der Waals surface area contributed by atoms with Crippen LogP contribution in [-0.2, 0) is 31.0 Å². The number of carbonyl (C=O) groups is 1. The minimum atomic E-state index is -1.09. The molecule has 2 atom stereocenters. The summed E-state index contributed by atoms with van der Waals surface area (Å²) in [4.78, 5) is 44.3. The fourth-order valence-electron chi connectivity index (χ4n) is 4.92. The van der Waals surface area contributed by atoms with Crippen LogP contribution >= 0.6 is 0 Å². The summed E-state index contributed by atoms with van der Waals surface area (Å²) in [5.74, 6) is -0.0776. The second kappa shape index (κ2) is 9.00. The number of fused-ring (bicyclic) bond motifs is 1. The van der Waals surface area contributed by atoms with Crippen molar-refractivity contribution in [3.05, 3.63) is 50.6 Å². The summed E-state index contributed by atoms with van der Waals surface area (Å²) in [7, 11) is 2.95. The lowest BCUT2D eigenvalue weighted by Crippen LogP contribution is -2.38. The van der Waals surface area contributed by atoms with E-state index in [2.05, 4.69) is 15.3 Å². The van der Waals surface area contributed by atoms with Crippen LogP contribution in [0.15, 0.2) is 27.9 Å². The van der Waals surface area contributed by atoms with Crippen LogP contribution in [0.3, 0.4) is 0 Å². The van der Waals surface area contributed by atoms with E-state index in [0.717, 1.165) is 23.8 Å². The van der Waals surface area contributed by atoms with Crippen molar-refractivity contribution in [2.45, 2.75) is 37.8 Å². The molecular weight excluding hydrogens is 454 g/mol. The standard InChI is InChI=1S/C23H29N7O5/c1-27-19-16(20(31)28(2)22(27)33)6-7-17(24-19)21(32)29-9-4-3-5-15(11-29)12-30-13-18(25-26-30)23(34)8-10-35-14-23/h6-7,13,15,34H,3-5,8-12,14H2,1-2H3. The average molecular weight is 484 g/mol. The minimum Gasteiger partial charge on any atom is -0.381 e. The van der Waals surface area contributed by atoms with Gasteiger partial charge in [0.1, 0.15) is 22.6 Å². The van der Waals surface area contributed by atoms with Gasteiger partial charge >= 0.3 is 5.69 Å². The van der Waals surface area contributed by atoms with Gasteiger partial charge in [0.05, 0.1) is 18.2 Å². The van der Waals surface area contributed by atoms with Gasteiger partial charge < -0.3 is 14.7 Å². The molecule has 2 aliphatic heterocycles. The lowest BCUT2D eigenvalue weighted by molar-refractivity contribution is 0.0193. The molecule has 2 saturated heterocycles. The van der Waals surface area contributed by atoms with Crippen molar-refractivity contribution in [1.29, 1.82) is 0 Å². The molecular formula is C23H29N7O5. The molecule has 35 heavy (non-hydrogen) atoms. The Kier molecular flexibility index (Phi) is 6.01. The maximum Gasteiger partial charge on any atom is 0.332 e. The number of aliphatic hydroxyl groups is 1. The van der Waals surface area contributed by atoms with Gasteiger partial charge in [-0.3, -0.25) is 23.4 Å². The van der Waals surface area contributed by atoms with Crippen molar-refractivity contribution in [2.75, 3.05) is 26.3 Å². The Morgan fingerprint density at radius 2 is 2.06 bits per heavy atom. The van der Waals surface area contributed by atoms with E-state index in [-0.39, 0.29) is 35.2 Å². The number of rotatable bonds is 4. The summed E-state index contributed by atoms with van der Waals surface area (Å²) in [6.07, 6.45) is 5.03. The number of hydrogen-bond donors (Lipinski definition) is 1. The van der Waals surface area contributed by atoms with E-state index in [1.807, 2.05) is 0 Å². The molecule has 5 heterocycles. The molecule has 12 heteroatoms. The van der Waals surface area contributed by atoms with E-state index in [1.165, 1.54) is 18.7 Å². The molecule has 0 saturated carbocycles. The molecule has 5 rings (SSSR count). The number of hydrogen-bond acceptors (Lipinski definition) is 8. The van der Waals surface area contributed by atoms with Crippen LogP contribution in [0.4, 0.5) is 0 Å². The number of likely N-dealkylation sites (tertiary alicyclic amines) is 1. The lowest BCUT2D eigenvalue weighted by Gasteiger charge is -2.24. The molecule has 3 aromatic rings. The SMILES string of the molecule is Cn1c(=O)c2ccc(C(=O)N3CCCCC(Cn4cc(C5(O)CCOC5)nn4)C3)nc2n(C)c1=O. The van der Waals surface area contributed by atoms with E-state index >= 15 is 0 Å². The highest BCUT2D eigenvalue weighted by atomic mass is 16.5. The Morgan fingerprint density at radius 3 is 2.83 bits per heavy atom. The fraction of sp³-hybridized carbons (Fsp3) is 0.565. The molecule has 2 fully saturated rings. The number of pyridine rings is 1. The predicted octanol–water partition coefficient (Wildman–Crippen LogP) is -0.226.